The second-order valence-electron chi connectivity index (χ2n) is 3.69. The fraction of sp³-hybridized carbons (Fsp3) is 0.700. The van der Waals surface area contributed by atoms with Gasteiger partial charge in [0.25, 0.3) is 0 Å². The van der Waals surface area contributed by atoms with E-state index in [1.54, 1.807) is 14.0 Å². The monoisotopic (exact) mass is 304 g/mol. The number of aromatic nitrogens is 3. The predicted octanol–water partition coefficient (Wildman–Crippen LogP) is -0.337. The zero-order valence-electron chi connectivity index (χ0n) is 11.8. The molecule has 1 aromatic heterocycles. The van der Waals surface area contributed by atoms with Crippen LogP contribution in [0.1, 0.15) is 13.8 Å². The third-order valence-corrected chi connectivity index (χ3v) is 3.60. The molecule has 1 heterocycles. The van der Waals surface area contributed by atoms with Crippen LogP contribution < -0.4 is 20.1 Å². The lowest BCUT2D eigenvalue weighted by molar-refractivity contribution is 0.312. The normalized spacial score (nSPS) is 11.2. The molecule has 0 amide bonds. The van der Waals surface area contributed by atoms with Crippen LogP contribution in [0.4, 0.5) is 11.9 Å². The van der Waals surface area contributed by atoms with Crippen molar-refractivity contribution in [2.45, 2.75) is 13.8 Å². The van der Waals surface area contributed by atoms with Crippen molar-refractivity contribution in [2.75, 3.05) is 43.1 Å². The van der Waals surface area contributed by atoms with E-state index >= 15 is 0 Å². The molecule has 0 radical (unpaired) electrons. The van der Waals surface area contributed by atoms with Crippen LogP contribution in [0, 0.1) is 0 Å². The summed E-state index contributed by atoms with van der Waals surface area (Å²) in [5.74, 6) is 0.547. The van der Waals surface area contributed by atoms with E-state index in [0.29, 0.717) is 19.1 Å². The maximum atomic E-state index is 11.5. The van der Waals surface area contributed by atoms with Gasteiger partial charge in [0.2, 0.25) is 21.9 Å². The van der Waals surface area contributed by atoms with Gasteiger partial charge in [0.15, 0.2) is 0 Å². The predicted molar refractivity (Wildman–Crippen MR) is 76.5 cm³/mol. The van der Waals surface area contributed by atoms with Crippen LogP contribution in [0.15, 0.2) is 0 Å². The highest BCUT2D eigenvalue weighted by molar-refractivity contribution is 7.89. The Hall–Kier alpha value is -1.68. The number of rotatable bonds is 9. The minimum absolute atomic E-state index is 0.0641. The van der Waals surface area contributed by atoms with Gasteiger partial charge in [-0.3, -0.25) is 0 Å². The number of hydrogen-bond donors (Lipinski definition) is 3. The SMILES string of the molecule is CCNS(=O)(=O)CCNc1nc(NC)nc(OCC)n1. The molecule has 0 unspecified atom stereocenters. The van der Waals surface area contributed by atoms with E-state index in [1.165, 1.54) is 0 Å². The molecule has 20 heavy (non-hydrogen) atoms. The molecule has 1 aromatic rings. The van der Waals surface area contributed by atoms with Gasteiger partial charge in [-0.25, -0.2) is 13.1 Å². The summed E-state index contributed by atoms with van der Waals surface area (Å²) >= 11 is 0. The molecule has 1 rings (SSSR count). The molecule has 0 aliphatic carbocycles. The summed E-state index contributed by atoms with van der Waals surface area (Å²) in [7, 11) is -1.60. The third kappa shape index (κ3) is 5.53. The summed E-state index contributed by atoms with van der Waals surface area (Å²) in [6.07, 6.45) is 0. The highest BCUT2D eigenvalue weighted by Gasteiger charge is 2.10. The first-order chi connectivity index (χ1) is 9.50. The number of sulfonamides is 1. The summed E-state index contributed by atoms with van der Waals surface area (Å²) in [6, 6.07) is 0.184. The van der Waals surface area contributed by atoms with E-state index in [9.17, 15) is 8.42 Å². The average Bonchev–Trinajstić information content (AvgIpc) is 2.38. The Balaban J connectivity index is 2.65. The van der Waals surface area contributed by atoms with Crippen molar-refractivity contribution >= 4 is 21.9 Å². The lowest BCUT2D eigenvalue weighted by Gasteiger charge is -2.09. The van der Waals surface area contributed by atoms with Crippen molar-refractivity contribution in [3.05, 3.63) is 0 Å². The van der Waals surface area contributed by atoms with Crippen molar-refractivity contribution in [3.63, 3.8) is 0 Å². The Bertz CT molecular complexity index is 522. The smallest absolute Gasteiger partial charge is 0.323 e. The topological polar surface area (TPSA) is 118 Å². The van der Waals surface area contributed by atoms with Gasteiger partial charge in [-0.1, -0.05) is 6.92 Å². The van der Waals surface area contributed by atoms with Crippen molar-refractivity contribution in [3.8, 4) is 6.01 Å². The molecule has 0 aliphatic heterocycles. The molecule has 0 aliphatic rings. The third-order valence-electron chi connectivity index (χ3n) is 2.13. The quantitative estimate of drug-likeness (QED) is 0.567. The van der Waals surface area contributed by atoms with E-state index in [-0.39, 0.29) is 24.3 Å². The number of ether oxygens (including phenoxy) is 1. The molecule has 0 saturated heterocycles. The second kappa shape index (κ2) is 7.80. The zero-order chi connectivity index (χ0) is 15.0. The Labute approximate surface area is 118 Å². The summed E-state index contributed by atoms with van der Waals surface area (Å²) in [4.78, 5) is 12.1. The molecule has 0 aromatic carbocycles. The highest BCUT2D eigenvalue weighted by atomic mass is 32.2. The molecule has 0 bridgehead atoms. The van der Waals surface area contributed by atoms with E-state index in [1.807, 2.05) is 6.92 Å². The molecule has 0 saturated carbocycles. The van der Waals surface area contributed by atoms with Crippen LogP contribution in [0.3, 0.4) is 0 Å². The Morgan fingerprint density at radius 2 is 1.85 bits per heavy atom. The molecule has 114 valence electrons. The van der Waals surface area contributed by atoms with Crippen molar-refractivity contribution < 1.29 is 13.2 Å². The molecule has 0 atom stereocenters. The van der Waals surface area contributed by atoms with Gasteiger partial charge >= 0.3 is 6.01 Å². The van der Waals surface area contributed by atoms with E-state index in [0.717, 1.165) is 0 Å². The molecule has 0 spiro atoms. The number of hydrogen-bond acceptors (Lipinski definition) is 8. The van der Waals surface area contributed by atoms with E-state index < -0.39 is 10.0 Å². The molecular formula is C10H20N6O3S. The van der Waals surface area contributed by atoms with Crippen LogP contribution in [-0.2, 0) is 10.0 Å². The molecular weight excluding hydrogens is 284 g/mol. The second-order valence-corrected chi connectivity index (χ2v) is 5.62. The maximum absolute atomic E-state index is 11.5. The first-order valence-corrected chi connectivity index (χ1v) is 7.93. The van der Waals surface area contributed by atoms with Gasteiger partial charge in [-0.05, 0) is 6.92 Å². The molecule has 9 nitrogen and oxygen atoms in total. The number of anilines is 2. The van der Waals surface area contributed by atoms with Gasteiger partial charge in [0.1, 0.15) is 0 Å². The van der Waals surface area contributed by atoms with Crippen LogP contribution in [-0.4, -0.2) is 55.9 Å². The van der Waals surface area contributed by atoms with Gasteiger partial charge in [-0.2, -0.15) is 15.0 Å². The molecule has 10 heteroatoms. The molecule has 3 N–H and O–H groups in total. The lowest BCUT2D eigenvalue weighted by atomic mass is 10.7. The van der Waals surface area contributed by atoms with Crippen molar-refractivity contribution in [1.29, 1.82) is 0 Å². The first-order valence-electron chi connectivity index (χ1n) is 6.28. The van der Waals surface area contributed by atoms with Crippen LogP contribution in [0.2, 0.25) is 0 Å². The Morgan fingerprint density at radius 3 is 2.45 bits per heavy atom. The van der Waals surface area contributed by atoms with Crippen molar-refractivity contribution in [2.24, 2.45) is 0 Å². The summed E-state index contributed by atoms with van der Waals surface area (Å²) in [5.41, 5.74) is 0. The van der Waals surface area contributed by atoms with Gasteiger partial charge in [0, 0.05) is 20.1 Å². The van der Waals surface area contributed by atoms with Crippen LogP contribution in [0.5, 0.6) is 6.01 Å². The van der Waals surface area contributed by atoms with Gasteiger partial charge in [-0.15, -0.1) is 0 Å². The largest absolute Gasteiger partial charge is 0.464 e. The standard InChI is InChI=1S/C10H20N6O3S/c1-4-13-20(17,18)7-6-12-9-14-8(11-3)15-10(16-9)19-5-2/h13H,4-7H2,1-3H3,(H2,11,12,14,15,16). The number of nitrogens with one attached hydrogen (secondary N) is 3. The molecule has 0 fully saturated rings. The minimum Gasteiger partial charge on any atom is -0.464 e. The number of nitrogens with zero attached hydrogens (tertiary/aromatic N) is 3. The van der Waals surface area contributed by atoms with E-state index in [4.69, 9.17) is 4.74 Å². The first kappa shape index (κ1) is 16.4. The zero-order valence-corrected chi connectivity index (χ0v) is 12.6. The highest BCUT2D eigenvalue weighted by Crippen LogP contribution is 2.10. The van der Waals surface area contributed by atoms with E-state index in [2.05, 4.69) is 30.3 Å². The lowest BCUT2D eigenvalue weighted by Crippen LogP contribution is -2.29. The fourth-order valence-corrected chi connectivity index (χ4v) is 2.29. The Morgan fingerprint density at radius 1 is 1.15 bits per heavy atom. The van der Waals surface area contributed by atoms with Crippen LogP contribution in [0.25, 0.3) is 0 Å². The summed E-state index contributed by atoms with van der Waals surface area (Å²) < 4.78 is 30.6. The summed E-state index contributed by atoms with van der Waals surface area (Å²) in [6.45, 7) is 4.53. The fourth-order valence-electron chi connectivity index (χ4n) is 1.33. The van der Waals surface area contributed by atoms with Crippen molar-refractivity contribution in [1.82, 2.24) is 19.7 Å². The van der Waals surface area contributed by atoms with Crippen LogP contribution >= 0.6 is 0 Å². The maximum Gasteiger partial charge on any atom is 0.323 e. The minimum atomic E-state index is -3.27. The average molecular weight is 304 g/mol. The summed E-state index contributed by atoms with van der Waals surface area (Å²) in [5, 5.41) is 5.61. The Kier molecular flexibility index (Phi) is 6.39. The van der Waals surface area contributed by atoms with Gasteiger partial charge in [0.05, 0.1) is 12.4 Å². The van der Waals surface area contributed by atoms with Gasteiger partial charge < -0.3 is 15.4 Å².